The Kier molecular flexibility index (Phi) is 6.39. The maximum atomic E-state index is 5.54. The molecule has 4 heteroatoms. The monoisotopic (exact) mass is 272 g/mol. The molecule has 0 heterocycles. The first-order valence-electron chi connectivity index (χ1n) is 5.12. The van der Waals surface area contributed by atoms with Crippen molar-refractivity contribution in [2.24, 2.45) is 5.73 Å². The van der Waals surface area contributed by atoms with Gasteiger partial charge in [0.1, 0.15) is 12.4 Å². The summed E-state index contributed by atoms with van der Waals surface area (Å²) in [5.74, 6) is 0.894. The normalized spacial score (nSPS) is 10.3. The van der Waals surface area contributed by atoms with Gasteiger partial charge < -0.3 is 15.8 Å². The van der Waals surface area contributed by atoms with Crippen molar-refractivity contribution in [2.75, 3.05) is 26.2 Å². The van der Waals surface area contributed by atoms with E-state index in [1.165, 1.54) is 0 Å². The van der Waals surface area contributed by atoms with Gasteiger partial charge in [0.05, 0.1) is 0 Å². The Morgan fingerprint density at radius 2 is 2.20 bits per heavy atom. The lowest BCUT2D eigenvalue weighted by atomic mass is 10.3. The van der Waals surface area contributed by atoms with E-state index < -0.39 is 0 Å². The minimum Gasteiger partial charge on any atom is -0.492 e. The lowest BCUT2D eigenvalue weighted by Gasteiger charge is -2.07. The van der Waals surface area contributed by atoms with E-state index in [0.29, 0.717) is 6.61 Å². The summed E-state index contributed by atoms with van der Waals surface area (Å²) in [4.78, 5) is 0. The van der Waals surface area contributed by atoms with Gasteiger partial charge in [-0.1, -0.05) is 22.0 Å². The average Bonchev–Trinajstić information content (AvgIpc) is 2.23. The molecule has 0 radical (unpaired) electrons. The Morgan fingerprint density at radius 3 is 2.93 bits per heavy atom. The molecule has 0 aliphatic heterocycles. The Morgan fingerprint density at radius 1 is 1.33 bits per heavy atom. The van der Waals surface area contributed by atoms with Gasteiger partial charge in [-0.3, -0.25) is 0 Å². The fourth-order valence-corrected chi connectivity index (χ4v) is 1.53. The molecule has 0 saturated carbocycles. The smallest absolute Gasteiger partial charge is 0.120 e. The molecule has 0 aliphatic carbocycles. The van der Waals surface area contributed by atoms with Crippen LogP contribution in [0.15, 0.2) is 28.7 Å². The fourth-order valence-electron chi connectivity index (χ4n) is 1.15. The minimum atomic E-state index is 0.682. The number of rotatable bonds is 7. The van der Waals surface area contributed by atoms with E-state index in [9.17, 15) is 0 Å². The highest BCUT2D eigenvalue weighted by Gasteiger charge is 1.93. The highest BCUT2D eigenvalue weighted by atomic mass is 79.9. The number of hydrogen-bond acceptors (Lipinski definition) is 3. The van der Waals surface area contributed by atoms with E-state index in [1.54, 1.807) is 0 Å². The van der Waals surface area contributed by atoms with Crippen molar-refractivity contribution >= 4 is 15.9 Å². The van der Waals surface area contributed by atoms with Crippen molar-refractivity contribution in [1.29, 1.82) is 0 Å². The first-order chi connectivity index (χ1) is 7.33. The van der Waals surface area contributed by atoms with Gasteiger partial charge in [0, 0.05) is 11.0 Å². The summed E-state index contributed by atoms with van der Waals surface area (Å²) in [6.45, 7) is 3.23. The number of benzene rings is 1. The maximum absolute atomic E-state index is 5.54. The Balaban J connectivity index is 2.10. The van der Waals surface area contributed by atoms with Crippen molar-refractivity contribution in [2.45, 2.75) is 6.42 Å². The van der Waals surface area contributed by atoms with Crippen molar-refractivity contribution in [3.05, 3.63) is 28.7 Å². The predicted molar refractivity (Wildman–Crippen MR) is 66.2 cm³/mol. The van der Waals surface area contributed by atoms with Crippen molar-refractivity contribution in [1.82, 2.24) is 5.32 Å². The molecule has 3 N–H and O–H groups in total. The standard InChI is InChI=1S/C11H17BrN2O/c12-10-3-1-4-11(9-10)15-8-7-14-6-2-5-13/h1,3-4,9,14H,2,5-8,13H2. The minimum absolute atomic E-state index is 0.682. The highest BCUT2D eigenvalue weighted by Crippen LogP contribution is 2.17. The van der Waals surface area contributed by atoms with Crippen LogP contribution in [0.4, 0.5) is 0 Å². The van der Waals surface area contributed by atoms with Crippen LogP contribution in [0.3, 0.4) is 0 Å². The van der Waals surface area contributed by atoms with E-state index in [-0.39, 0.29) is 0 Å². The van der Waals surface area contributed by atoms with Crippen LogP contribution in [-0.4, -0.2) is 26.2 Å². The van der Waals surface area contributed by atoms with Gasteiger partial charge in [0.25, 0.3) is 0 Å². The zero-order valence-electron chi connectivity index (χ0n) is 8.71. The van der Waals surface area contributed by atoms with Gasteiger partial charge in [0.2, 0.25) is 0 Å². The zero-order valence-corrected chi connectivity index (χ0v) is 10.3. The molecule has 0 saturated heterocycles. The fraction of sp³-hybridized carbons (Fsp3) is 0.455. The molecule has 84 valence electrons. The van der Waals surface area contributed by atoms with Crippen LogP contribution in [0.25, 0.3) is 0 Å². The summed E-state index contributed by atoms with van der Waals surface area (Å²) < 4.78 is 6.58. The molecule has 0 spiro atoms. The number of halogens is 1. The Labute approximate surface area is 99.1 Å². The molecule has 1 aromatic carbocycles. The van der Waals surface area contributed by atoms with E-state index in [2.05, 4.69) is 21.2 Å². The second-order valence-electron chi connectivity index (χ2n) is 3.20. The summed E-state index contributed by atoms with van der Waals surface area (Å²) in [6.07, 6.45) is 1.01. The van der Waals surface area contributed by atoms with E-state index >= 15 is 0 Å². The third-order valence-corrected chi connectivity index (χ3v) is 2.39. The van der Waals surface area contributed by atoms with Gasteiger partial charge >= 0.3 is 0 Å². The molecule has 0 bridgehead atoms. The van der Waals surface area contributed by atoms with Gasteiger partial charge in [-0.25, -0.2) is 0 Å². The molecule has 1 aromatic rings. The Bertz CT molecular complexity index is 281. The second kappa shape index (κ2) is 7.68. The molecular weight excluding hydrogens is 256 g/mol. The molecule has 0 fully saturated rings. The summed E-state index contributed by atoms with van der Waals surface area (Å²) in [6, 6.07) is 7.85. The molecular formula is C11H17BrN2O. The molecule has 0 unspecified atom stereocenters. The van der Waals surface area contributed by atoms with Crippen molar-refractivity contribution < 1.29 is 4.74 Å². The average molecular weight is 273 g/mol. The first kappa shape index (κ1) is 12.5. The van der Waals surface area contributed by atoms with Gasteiger partial charge in [-0.05, 0) is 37.7 Å². The zero-order chi connectivity index (χ0) is 10.9. The molecule has 3 nitrogen and oxygen atoms in total. The summed E-state index contributed by atoms with van der Waals surface area (Å²) >= 11 is 3.40. The Hall–Kier alpha value is -0.580. The molecule has 15 heavy (non-hydrogen) atoms. The van der Waals surface area contributed by atoms with E-state index in [0.717, 1.165) is 36.3 Å². The van der Waals surface area contributed by atoms with E-state index in [1.807, 2.05) is 24.3 Å². The van der Waals surface area contributed by atoms with Crippen LogP contribution < -0.4 is 15.8 Å². The third-order valence-electron chi connectivity index (χ3n) is 1.90. The van der Waals surface area contributed by atoms with Crippen molar-refractivity contribution in [3.63, 3.8) is 0 Å². The van der Waals surface area contributed by atoms with Crippen LogP contribution in [0, 0.1) is 0 Å². The number of nitrogens with one attached hydrogen (secondary N) is 1. The van der Waals surface area contributed by atoms with Gasteiger partial charge in [0.15, 0.2) is 0 Å². The largest absolute Gasteiger partial charge is 0.492 e. The maximum Gasteiger partial charge on any atom is 0.120 e. The molecule has 0 aromatic heterocycles. The quantitative estimate of drug-likeness (QED) is 0.744. The van der Waals surface area contributed by atoms with Crippen LogP contribution in [0.1, 0.15) is 6.42 Å². The number of ether oxygens (including phenoxy) is 1. The number of hydrogen-bond donors (Lipinski definition) is 2. The van der Waals surface area contributed by atoms with Crippen LogP contribution in [0.2, 0.25) is 0 Å². The molecule has 0 atom stereocenters. The van der Waals surface area contributed by atoms with E-state index in [4.69, 9.17) is 10.5 Å². The summed E-state index contributed by atoms with van der Waals surface area (Å²) in [5, 5.41) is 3.25. The molecule has 1 rings (SSSR count). The predicted octanol–water partition coefficient (Wildman–Crippen LogP) is 1.77. The third kappa shape index (κ3) is 5.77. The van der Waals surface area contributed by atoms with Crippen LogP contribution >= 0.6 is 15.9 Å². The first-order valence-corrected chi connectivity index (χ1v) is 5.91. The second-order valence-corrected chi connectivity index (χ2v) is 4.11. The number of nitrogens with two attached hydrogens (primary N) is 1. The van der Waals surface area contributed by atoms with Crippen LogP contribution in [-0.2, 0) is 0 Å². The van der Waals surface area contributed by atoms with Gasteiger partial charge in [-0.15, -0.1) is 0 Å². The SMILES string of the molecule is NCCCNCCOc1cccc(Br)c1. The molecule has 0 aliphatic rings. The van der Waals surface area contributed by atoms with Crippen molar-refractivity contribution in [3.8, 4) is 5.75 Å². The summed E-state index contributed by atoms with van der Waals surface area (Å²) in [7, 11) is 0. The summed E-state index contributed by atoms with van der Waals surface area (Å²) in [5.41, 5.74) is 5.37. The topological polar surface area (TPSA) is 47.3 Å². The highest BCUT2D eigenvalue weighted by molar-refractivity contribution is 9.10. The van der Waals surface area contributed by atoms with Gasteiger partial charge in [-0.2, -0.15) is 0 Å². The molecule has 0 amide bonds. The van der Waals surface area contributed by atoms with Crippen LogP contribution in [0.5, 0.6) is 5.75 Å². The lowest BCUT2D eigenvalue weighted by Crippen LogP contribution is -2.23. The lowest BCUT2D eigenvalue weighted by molar-refractivity contribution is 0.314.